The lowest BCUT2D eigenvalue weighted by Crippen LogP contribution is -2.14. The summed E-state index contributed by atoms with van der Waals surface area (Å²) in [6.07, 6.45) is 0. The van der Waals surface area contributed by atoms with Crippen molar-refractivity contribution in [2.45, 2.75) is 6.92 Å². The van der Waals surface area contributed by atoms with Crippen LogP contribution in [0.25, 0.3) is 0 Å². The molecular weight excluding hydrogens is 309 g/mol. The smallest absolute Gasteiger partial charge is 0.221 e. The zero-order valence-electron chi connectivity index (χ0n) is 11.7. The van der Waals surface area contributed by atoms with Crippen molar-refractivity contribution in [2.24, 2.45) is 0 Å². The maximum Gasteiger partial charge on any atom is 0.221 e. The second-order valence-corrected chi connectivity index (χ2v) is 4.93. The molecule has 0 radical (unpaired) electrons. The van der Waals surface area contributed by atoms with Crippen molar-refractivity contribution >= 4 is 29.0 Å². The molecule has 0 aliphatic carbocycles. The molecule has 0 spiro atoms. The molecule has 2 aromatic rings. The van der Waals surface area contributed by atoms with Gasteiger partial charge >= 0.3 is 0 Å². The number of carbonyl (C=O) groups is 2. The van der Waals surface area contributed by atoms with E-state index in [1.165, 1.54) is 19.1 Å². The lowest BCUT2D eigenvalue weighted by atomic mass is 10.1. The van der Waals surface area contributed by atoms with Gasteiger partial charge in [0.15, 0.2) is 6.61 Å². The molecule has 0 aliphatic heterocycles. The Labute approximate surface area is 131 Å². The first kappa shape index (κ1) is 16.0. The van der Waals surface area contributed by atoms with Gasteiger partial charge in [0.25, 0.3) is 0 Å². The van der Waals surface area contributed by atoms with Crippen LogP contribution in [0.3, 0.4) is 0 Å². The van der Waals surface area contributed by atoms with Crippen molar-refractivity contribution in [3.05, 3.63) is 58.9 Å². The average Bonchev–Trinajstić information content (AvgIpc) is 2.45. The van der Waals surface area contributed by atoms with E-state index in [2.05, 4.69) is 5.32 Å². The zero-order valence-corrected chi connectivity index (χ0v) is 12.5. The molecule has 0 heterocycles. The maximum absolute atomic E-state index is 13.9. The molecule has 2 rings (SSSR count). The monoisotopic (exact) mass is 321 g/mol. The highest BCUT2D eigenvalue weighted by molar-refractivity contribution is 6.32. The van der Waals surface area contributed by atoms with Gasteiger partial charge in [0.2, 0.25) is 11.7 Å². The normalized spacial score (nSPS) is 10.1. The Bertz CT molecular complexity index is 718. The fourth-order valence-electron chi connectivity index (χ4n) is 1.81. The van der Waals surface area contributed by atoms with Crippen molar-refractivity contribution < 1.29 is 18.7 Å². The van der Waals surface area contributed by atoms with Gasteiger partial charge < -0.3 is 10.1 Å². The van der Waals surface area contributed by atoms with E-state index in [1.54, 1.807) is 24.3 Å². The highest BCUT2D eigenvalue weighted by Gasteiger charge is 2.14. The molecule has 0 saturated heterocycles. The molecule has 6 heteroatoms. The Balaban J connectivity index is 2.06. The van der Waals surface area contributed by atoms with Crippen LogP contribution >= 0.6 is 11.6 Å². The van der Waals surface area contributed by atoms with Crippen LogP contribution in [0.4, 0.5) is 10.1 Å². The summed E-state index contributed by atoms with van der Waals surface area (Å²) in [5.74, 6) is -1.21. The third-order valence-corrected chi connectivity index (χ3v) is 3.10. The molecule has 2 aromatic carbocycles. The first-order valence-electron chi connectivity index (χ1n) is 6.45. The first-order chi connectivity index (χ1) is 10.5. The minimum Gasteiger partial charge on any atom is -0.484 e. The molecule has 114 valence electrons. The SMILES string of the molecule is CC(=O)Nc1ccc(C(=O)COc2ccccc2Cl)c(F)c1. The maximum atomic E-state index is 13.9. The lowest BCUT2D eigenvalue weighted by Gasteiger charge is -2.08. The average molecular weight is 322 g/mol. The van der Waals surface area contributed by atoms with Crippen molar-refractivity contribution in [1.82, 2.24) is 0 Å². The summed E-state index contributed by atoms with van der Waals surface area (Å²) < 4.78 is 19.2. The fourth-order valence-corrected chi connectivity index (χ4v) is 2.00. The Morgan fingerprint density at radius 1 is 1.23 bits per heavy atom. The number of halogens is 2. The molecule has 0 saturated carbocycles. The van der Waals surface area contributed by atoms with Crippen LogP contribution in [0.1, 0.15) is 17.3 Å². The Hall–Kier alpha value is -2.40. The van der Waals surface area contributed by atoms with E-state index in [1.807, 2.05) is 0 Å². The third-order valence-electron chi connectivity index (χ3n) is 2.79. The van der Waals surface area contributed by atoms with E-state index in [-0.39, 0.29) is 23.8 Å². The molecule has 22 heavy (non-hydrogen) atoms. The number of hydrogen-bond acceptors (Lipinski definition) is 3. The lowest BCUT2D eigenvalue weighted by molar-refractivity contribution is -0.114. The molecule has 0 aromatic heterocycles. The van der Waals surface area contributed by atoms with E-state index in [0.29, 0.717) is 10.8 Å². The van der Waals surface area contributed by atoms with Crippen molar-refractivity contribution in [1.29, 1.82) is 0 Å². The number of carbonyl (C=O) groups excluding carboxylic acids is 2. The second kappa shape index (κ2) is 7.04. The quantitative estimate of drug-likeness (QED) is 0.854. The molecule has 1 amide bonds. The summed E-state index contributed by atoms with van der Waals surface area (Å²) in [6, 6.07) is 10.5. The Morgan fingerprint density at radius 2 is 1.95 bits per heavy atom. The van der Waals surface area contributed by atoms with Gasteiger partial charge in [-0.25, -0.2) is 4.39 Å². The molecule has 0 unspecified atom stereocenters. The first-order valence-corrected chi connectivity index (χ1v) is 6.83. The topological polar surface area (TPSA) is 55.4 Å². The molecule has 0 bridgehead atoms. The molecule has 0 aliphatic rings. The minimum atomic E-state index is -0.723. The van der Waals surface area contributed by atoms with Gasteiger partial charge in [-0.2, -0.15) is 0 Å². The molecule has 0 atom stereocenters. The number of Topliss-reactive ketones (excluding diaryl/α,β-unsaturated/α-hetero) is 1. The number of rotatable bonds is 5. The van der Waals surface area contributed by atoms with Crippen LogP contribution in [0.5, 0.6) is 5.75 Å². The molecule has 1 N–H and O–H groups in total. The predicted octanol–water partition coefficient (Wildman–Crippen LogP) is 3.70. The van der Waals surface area contributed by atoms with Gasteiger partial charge in [-0.15, -0.1) is 0 Å². The van der Waals surface area contributed by atoms with Gasteiger partial charge in [-0.3, -0.25) is 9.59 Å². The van der Waals surface area contributed by atoms with Crippen LogP contribution in [-0.4, -0.2) is 18.3 Å². The standard InChI is InChI=1S/C16H13ClFNO3/c1-10(20)19-11-6-7-12(14(18)8-11)15(21)9-22-16-5-3-2-4-13(16)17/h2-8H,9H2,1H3,(H,19,20). The molecule has 0 fully saturated rings. The van der Waals surface area contributed by atoms with Gasteiger partial charge in [0, 0.05) is 12.6 Å². The number of hydrogen-bond donors (Lipinski definition) is 1. The number of nitrogens with one attached hydrogen (secondary N) is 1. The Kier molecular flexibility index (Phi) is 5.12. The number of anilines is 1. The van der Waals surface area contributed by atoms with Crippen molar-refractivity contribution in [3.8, 4) is 5.75 Å². The van der Waals surface area contributed by atoms with Crippen LogP contribution in [0.2, 0.25) is 5.02 Å². The van der Waals surface area contributed by atoms with Crippen molar-refractivity contribution in [3.63, 3.8) is 0 Å². The van der Waals surface area contributed by atoms with E-state index in [4.69, 9.17) is 16.3 Å². The van der Waals surface area contributed by atoms with E-state index in [9.17, 15) is 14.0 Å². The van der Waals surface area contributed by atoms with Crippen LogP contribution in [-0.2, 0) is 4.79 Å². The Morgan fingerprint density at radius 3 is 2.59 bits per heavy atom. The van der Waals surface area contributed by atoms with Crippen molar-refractivity contribution in [2.75, 3.05) is 11.9 Å². The third kappa shape index (κ3) is 4.05. The zero-order chi connectivity index (χ0) is 16.1. The molecule has 4 nitrogen and oxygen atoms in total. The van der Waals surface area contributed by atoms with E-state index >= 15 is 0 Å². The van der Waals surface area contributed by atoms with Crippen LogP contribution in [0.15, 0.2) is 42.5 Å². The summed E-state index contributed by atoms with van der Waals surface area (Å²) in [7, 11) is 0. The minimum absolute atomic E-state index is 0.110. The number of ether oxygens (including phenoxy) is 1. The highest BCUT2D eigenvalue weighted by Crippen LogP contribution is 2.23. The predicted molar refractivity (Wildman–Crippen MR) is 82.0 cm³/mol. The fraction of sp³-hybridized carbons (Fsp3) is 0.125. The number of para-hydroxylation sites is 1. The number of ketones is 1. The van der Waals surface area contributed by atoms with Crippen LogP contribution < -0.4 is 10.1 Å². The van der Waals surface area contributed by atoms with Gasteiger partial charge in [0.1, 0.15) is 11.6 Å². The van der Waals surface area contributed by atoms with Crippen LogP contribution in [0, 0.1) is 5.82 Å². The van der Waals surface area contributed by atoms with Gasteiger partial charge in [-0.1, -0.05) is 23.7 Å². The van der Waals surface area contributed by atoms with Gasteiger partial charge in [-0.05, 0) is 30.3 Å². The van der Waals surface area contributed by atoms with E-state index < -0.39 is 11.6 Å². The molecular formula is C16H13ClFNO3. The van der Waals surface area contributed by atoms with E-state index in [0.717, 1.165) is 6.07 Å². The summed E-state index contributed by atoms with van der Waals surface area (Å²) >= 11 is 5.90. The summed E-state index contributed by atoms with van der Waals surface area (Å²) in [4.78, 5) is 22.9. The summed E-state index contributed by atoms with van der Waals surface area (Å²) in [5.41, 5.74) is 0.176. The number of amides is 1. The van der Waals surface area contributed by atoms with Gasteiger partial charge in [0.05, 0.1) is 10.6 Å². The summed E-state index contributed by atoms with van der Waals surface area (Å²) in [6.45, 7) is 0.981. The second-order valence-electron chi connectivity index (χ2n) is 4.52. The highest BCUT2D eigenvalue weighted by atomic mass is 35.5. The number of benzene rings is 2. The summed E-state index contributed by atoms with van der Waals surface area (Å²) in [5, 5.41) is 2.81. The largest absolute Gasteiger partial charge is 0.484 e.